The summed E-state index contributed by atoms with van der Waals surface area (Å²) in [4.78, 5) is 25.5. The van der Waals surface area contributed by atoms with Gasteiger partial charge >= 0.3 is 6.09 Å². The molecule has 1 aliphatic carbocycles. The van der Waals surface area contributed by atoms with Crippen LogP contribution in [0.15, 0.2) is 12.2 Å². The topological polar surface area (TPSA) is 46.6 Å². The molecule has 0 aromatic rings. The lowest BCUT2D eigenvalue weighted by molar-refractivity contribution is -0.119. The van der Waals surface area contributed by atoms with Crippen LogP contribution in [0.3, 0.4) is 0 Å². The van der Waals surface area contributed by atoms with Gasteiger partial charge in [0.05, 0.1) is 6.04 Å². The highest BCUT2D eigenvalue weighted by Gasteiger charge is 2.39. The molecule has 1 unspecified atom stereocenters. The van der Waals surface area contributed by atoms with Crippen molar-refractivity contribution in [1.82, 2.24) is 4.90 Å². The molecule has 0 bridgehead atoms. The van der Waals surface area contributed by atoms with E-state index in [2.05, 4.69) is 0 Å². The lowest BCUT2D eigenvalue weighted by atomic mass is 10.1. The fourth-order valence-electron chi connectivity index (χ4n) is 1.73. The first-order chi connectivity index (χ1) is 8.26. The standard InChI is InChI=1S/C14H23NO3/c1-6-7-12(16)10(2)15(11-8-9-11)13(17)18-14(3,4)5/h6-7,10-11H,8-9H2,1-5H3/b7-6+. The molecule has 0 N–H and O–H groups in total. The van der Waals surface area contributed by atoms with Gasteiger partial charge in [0.15, 0.2) is 5.78 Å². The van der Waals surface area contributed by atoms with Crippen LogP contribution in [0, 0.1) is 0 Å². The number of hydrogen-bond donors (Lipinski definition) is 0. The van der Waals surface area contributed by atoms with Gasteiger partial charge in [-0.3, -0.25) is 9.69 Å². The predicted molar refractivity (Wildman–Crippen MR) is 70.4 cm³/mol. The van der Waals surface area contributed by atoms with Crippen molar-refractivity contribution < 1.29 is 14.3 Å². The summed E-state index contributed by atoms with van der Waals surface area (Å²) in [6.07, 6.45) is 4.71. The minimum atomic E-state index is -0.534. The molecule has 18 heavy (non-hydrogen) atoms. The van der Waals surface area contributed by atoms with E-state index in [1.165, 1.54) is 6.08 Å². The maximum absolute atomic E-state index is 12.1. The van der Waals surface area contributed by atoms with Crippen molar-refractivity contribution in [3.05, 3.63) is 12.2 Å². The molecular weight excluding hydrogens is 230 g/mol. The molecule has 0 aromatic carbocycles. The molecule has 0 radical (unpaired) electrons. The van der Waals surface area contributed by atoms with Crippen LogP contribution in [-0.2, 0) is 9.53 Å². The number of amides is 1. The van der Waals surface area contributed by atoms with Gasteiger partial charge in [-0.2, -0.15) is 0 Å². The van der Waals surface area contributed by atoms with Gasteiger partial charge in [0, 0.05) is 6.04 Å². The Kier molecular flexibility index (Phi) is 4.54. The van der Waals surface area contributed by atoms with Crippen LogP contribution in [0.5, 0.6) is 0 Å². The number of ether oxygens (including phenoxy) is 1. The number of rotatable bonds is 4. The number of ketones is 1. The predicted octanol–water partition coefficient (Wildman–Crippen LogP) is 2.92. The van der Waals surface area contributed by atoms with Crippen LogP contribution in [0.1, 0.15) is 47.5 Å². The van der Waals surface area contributed by atoms with Crippen LogP contribution in [0.4, 0.5) is 4.79 Å². The van der Waals surface area contributed by atoms with Crippen molar-refractivity contribution in [2.45, 2.75) is 65.1 Å². The summed E-state index contributed by atoms with van der Waals surface area (Å²) in [6.45, 7) is 9.03. The third-order valence-electron chi connectivity index (χ3n) is 2.70. The maximum atomic E-state index is 12.1. The van der Waals surface area contributed by atoms with E-state index >= 15 is 0 Å². The van der Waals surface area contributed by atoms with Crippen LogP contribution in [-0.4, -0.2) is 34.5 Å². The van der Waals surface area contributed by atoms with Gasteiger partial charge in [0.25, 0.3) is 0 Å². The van der Waals surface area contributed by atoms with Crippen LogP contribution in [0.2, 0.25) is 0 Å². The first kappa shape index (κ1) is 14.7. The average molecular weight is 253 g/mol. The minimum Gasteiger partial charge on any atom is -0.444 e. The Morgan fingerprint density at radius 1 is 1.33 bits per heavy atom. The zero-order valence-electron chi connectivity index (χ0n) is 11.9. The molecule has 1 amide bonds. The average Bonchev–Trinajstić information content (AvgIpc) is 2.99. The van der Waals surface area contributed by atoms with E-state index < -0.39 is 17.7 Å². The second kappa shape index (κ2) is 5.55. The second-order valence-electron chi connectivity index (χ2n) is 5.70. The molecule has 4 nitrogen and oxygen atoms in total. The third kappa shape index (κ3) is 4.17. The van der Waals surface area contributed by atoms with Gasteiger partial charge in [-0.15, -0.1) is 0 Å². The van der Waals surface area contributed by atoms with Crippen molar-refractivity contribution in [2.75, 3.05) is 0 Å². The van der Waals surface area contributed by atoms with E-state index in [0.717, 1.165) is 12.8 Å². The number of carbonyl (C=O) groups is 2. The van der Waals surface area contributed by atoms with E-state index in [1.807, 2.05) is 20.8 Å². The highest BCUT2D eigenvalue weighted by atomic mass is 16.6. The molecule has 1 aliphatic rings. The van der Waals surface area contributed by atoms with Crippen LogP contribution in [0.25, 0.3) is 0 Å². The Balaban J connectivity index is 2.76. The van der Waals surface area contributed by atoms with Gasteiger partial charge in [-0.05, 0) is 53.5 Å². The summed E-state index contributed by atoms with van der Waals surface area (Å²) in [6, 6.07) is -0.299. The second-order valence-corrected chi connectivity index (χ2v) is 5.70. The number of nitrogens with zero attached hydrogens (tertiary/aromatic N) is 1. The minimum absolute atomic E-state index is 0.0599. The van der Waals surface area contributed by atoms with Gasteiger partial charge in [0.2, 0.25) is 0 Å². The molecule has 0 aromatic heterocycles. The number of allylic oxidation sites excluding steroid dienone is 1. The Hall–Kier alpha value is -1.32. The van der Waals surface area contributed by atoms with Gasteiger partial charge < -0.3 is 4.74 Å². The molecule has 0 spiro atoms. The Labute approximate surface area is 109 Å². The molecule has 1 saturated carbocycles. The molecule has 102 valence electrons. The van der Waals surface area contributed by atoms with Crippen molar-refractivity contribution in [1.29, 1.82) is 0 Å². The summed E-state index contributed by atoms with van der Waals surface area (Å²) in [5, 5.41) is 0. The van der Waals surface area contributed by atoms with E-state index in [1.54, 1.807) is 24.8 Å². The van der Waals surface area contributed by atoms with Gasteiger partial charge in [0.1, 0.15) is 5.60 Å². The molecule has 0 saturated heterocycles. The lowest BCUT2D eigenvalue weighted by Crippen LogP contribution is -2.46. The highest BCUT2D eigenvalue weighted by Crippen LogP contribution is 2.30. The summed E-state index contributed by atoms with van der Waals surface area (Å²) in [7, 11) is 0. The number of hydrogen-bond acceptors (Lipinski definition) is 3. The summed E-state index contributed by atoms with van der Waals surface area (Å²) < 4.78 is 5.36. The Bertz CT molecular complexity index is 351. The van der Waals surface area contributed by atoms with Crippen LogP contribution < -0.4 is 0 Å². The fraction of sp³-hybridized carbons (Fsp3) is 0.714. The lowest BCUT2D eigenvalue weighted by Gasteiger charge is -2.30. The first-order valence-corrected chi connectivity index (χ1v) is 6.44. The molecular formula is C14H23NO3. The molecule has 0 aliphatic heterocycles. The van der Waals surface area contributed by atoms with Crippen molar-refractivity contribution >= 4 is 11.9 Å². The Morgan fingerprint density at radius 3 is 2.28 bits per heavy atom. The first-order valence-electron chi connectivity index (χ1n) is 6.44. The Morgan fingerprint density at radius 2 is 1.89 bits per heavy atom. The van der Waals surface area contributed by atoms with E-state index in [-0.39, 0.29) is 11.8 Å². The van der Waals surface area contributed by atoms with Crippen molar-refractivity contribution in [3.63, 3.8) is 0 Å². The quantitative estimate of drug-likeness (QED) is 0.724. The monoisotopic (exact) mass is 253 g/mol. The number of carbonyl (C=O) groups excluding carboxylic acids is 2. The molecule has 4 heteroatoms. The van der Waals surface area contributed by atoms with E-state index in [4.69, 9.17) is 4.74 Å². The largest absolute Gasteiger partial charge is 0.444 e. The van der Waals surface area contributed by atoms with Crippen molar-refractivity contribution in [2.24, 2.45) is 0 Å². The van der Waals surface area contributed by atoms with E-state index in [9.17, 15) is 9.59 Å². The normalized spacial score (nSPS) is 17.6. The zero-order valence-corrected chi connectivity index (χ0v) is 11.9. The van der Waals surface area contributed by atoms with Gasteiger partial charge in [-0.1, -0.05) is 6.08 Å². The summed E-state index contributed by atoms with van der Waals surface area (Å²) in [5.74, 6) is -0.0599. The SMILES string of the molecule is C/C=C/C(=O)C(C)N(C(=O)OC(C)(C)C)C1CC1. The maximum Gasteiger partial charge on any atom is 0.411 e. The molecule has 1 rings (SSSR count). The smallest absolute Gasteiger partial charge is 0.411 e. The van der Waals surface area contributed by atoms with Crippen molar-refractivity contribution in [3.8, 4) is 0 Å². The van der Waals surface area contributed by atoms with Gasteiger partial charge in [-0.25, -0.2) is 4.79 Å². The van der Waals surface area contributed by atoms with Crippen LogP contribution >= 0.6 is 0 Å². The molecule has 1 atom stereocenters. The highest BCUT2D eigenvalue weighted by molar-refractivity contribution is 5.96. The third-order valence-corrected chi connectivity index (χ3v) is 2.70. The molecule has 1 fully saturated rings. The summed E-state index contributed by atoms with van der Waals surface area (Å²) in [5.41, 5.74) is -0.534. The molecule has 0 heterocycles. The van der Waals surface area contributed by atoms with E-state index in [0.29, 0.717) is 0 Å². The summed E-state index contributed by atoms with van der Waals surface area (Å²) >= 11 is 0. The fourth-order valence-corrected chi connectivity index (χ4v) is 1.73. The zero-order chi connectivity index (χ0) is 13.9.